The van der Waals surface area contributed by atoms with E-state index in [-0.39, 0.29) is 0 Å². The highest BCUT2D eigenvalue weighted by Crippen LogP contribution is 2.38. The molecule has 2 aromatic rings. The van der Waals surface area contributed by atoms with E-state index in [0.717, 1.165) is 60.9 Å². The Hall–Kier alpha value is -1.36. The maximum Gasteiger partial charge on any atom is 0.107 e. The number of imidazole rings is 1. The van der Waals surface area contributed by atoms with Gasteiger partial charge in [0, 0.05) is 37.2 Å². The van der Waals surface area contributed by atoms with Crippen molar-refractivity contribution in [2.24, 2.45) is 23.7 Å². The average molecular weight is 416 g/mol. The number of benzene rings is 1. The standard InChI is InChI=1S/C24H34ClN3O/c1-15(2)21-11-17(12-24-27-22-5-4-19(25)13-23(22)28-24)16(3)10-18(21)14-26-20-6-8-29-9-7-20/h4-5,10,13,15,17-18,20-21,26H,6-9,11-12,14H2,1-3H3,(H,27,28). The van der Waals surface area contributed by atoms with Crippen LogP contribution in [-0.4, -0.2) is 35.8 Å². The molecule has 1 saturated heterocycles. The number of fused-ring (bicyclic) bond motifs is 1. The number of allylic oxidation sites excluding steroid dienone is 1. The van der Waals surface area contributed by atoms with Crippen molar-refractivity contribution in [2.45, 2.75) is 52.5 Å². The largest absolute Gasteiger partial charge is 0.381 e. The SMILES string of the molecule is CC1=CC(CNC2CCOCC2)C(C(C)C)CC1Cc1nc2ccc(Cl)cc2[nH]1. The van der Waals surface area contributed by atoms with Gasteiger partial charge < -0.3 is 15.0 Å². The minimum absolute atomic E-state index is 0.553. The van der Waals surface area contributed by atoms with Gasteiger partial charge in [0.1, 0.15) is 5.82 Å². The molecule has 1 aromatic carbocycles. The summed E-state index contributed by atoms with van der Waals surface area (Å²) in [4.78, 5) is 8.28. The van der Waals surface area contributed by atoms with Crippen LogP contribution < -0.4 is 5.32 Å². The number of halogens is 1. The predicted molar refractivity (Wildman–Crippen MR) is 120 cm³/mol. The normalized spacial score (nSPS) is 26.2. The van der Waals surface area contributed by atoms with Gasteiger partial charge in [0.15, 0.2) is 0 Å². The summed E-state index contributed by atoms with van der Waals surface area (Å²) in [5, 5.41) is 4.58. The van der Waals surface area contributed by atoms with Crippen molar-refractivity contribution in [1.29, 1.82) is 0 Å². The van der Waals surface area contributed by atoms with Crippen molar-refractivity contribution in [1.82, 2.24) is 15.3 Å². The van der Waals surface area contributed by atoms with Crippen LogP contribution in [0.25, 0.3) is 11.0 Å². The van der Waals surface area contributed by atoms with Crippen LogP contribution in [0.15, 0.2) is 29.8 Å². The van der Waals surface area contributed by atoms with Crippen LogP contribution in [0.1, 0.15) is 45.9 Å². The Morgan fingerprint density at radius 1 is 1.28 bits per heavy atom. The summed E-state index contributed by atoms with van der Waals surface area (Å²) >= 11 is 6.13. The molecule has 2 heterocycles. The minimum Gasteiger partial charge on any atom is -0.381 e. The van der Waals surface area contributed by atoms with Gasteiger partial charge in [-0.1, -0.05) is 37.1 Å². The van der Waals surface area contributed by atoms with E-state index in [0.29, 0.717) is 29.7 Å². The zero-order valence-electron chi connectivity index (χ0n) is 17.9. The van der Waals surface area contributed by atoms with Gasteiger partial charge in [-0.2, -0.15) is 0 Å². The lowest BCUT2D eigenvalue weighted by atomic mass is 9.69. The maximum absolute atomic E-state index is 6.13. The topological polar surface area (TPSA) is 49.9 Å². The van der Waals surface area contributed by atoms with Crippen molar-refractivity contribution in [3.05, 3.63) is 40.7 Å². The van der Waals surface area contributed by atoms with E-state index < -0.39 is 0 Å². The lowest BCUT2D eigenvalue weighted by Crippen LogP contribution is -2.41. The highest BCUT2D eigenvalue weighted by Gasteiger charge is 2.32. The molecule has 2 aliphatic rings. The fourth-order valence-electron chi connectivity index (χ4n) is 5.08. The summed E-state index contributed by atoms with van der Waals surface area (Å²) in [7, 11) is 0. The molecule has 1 aromatic heterocycles. The second kappa shape index (κ2) is 9.20. The number of hydrogen-bond donors (Lipinski definition) is 2. The molecule has 1 fully saturated rings. The van der Waals surface area contributed by atoms with E-state index in [1.54, 1.807) is 0 Å². The van der Waals surface area contributed by atoms with Crippen molar-refractivity contribution < 1.29 is 4.74 Å². The van der Waals surface area contributed by atoms with Crippen molar-refractivity contribution in [2.75, 3.05) is 19.8 Å². The molecule has 158 valence electrons. The van der Waals surface area contributed by atoms with Crippen LogP contribution in [0.3, 0.4) is 0 Å². The highest BCUT2D eigenvalue weighted by molar-refractivity contribution is 6.31. The Morgan fingerprint density at radius 2 is 2.07 bits per heavy atom. The Kier molecular flexibility index (Phi) is 6.63. The molecule has 1 aliphatic heterocycles. The fraction of sp³-hybridized carbons (Fsp3) is 0.625. The number of aromatic amines is 1. The third kappa shape index (κ3) is 5.04. The second-order valence-electron chi connectivity index (χ2n) is 9.26. The van der Waals surface area contributed by atoms with Gasteiger partial charge in [0.25, 0.3) is 0 Å². The molecule has 4 rings (SSSR count). The van der Waals surface area contributed by atoms with Crippen LogP contribution in [0.2, 0.25) is 5.02 Å². The Morgan fingerprint density at radius 3 is 2.83 bits per heavy atom. The molecule has 3 atom stereocenters. The van der Waals surface area contributed by atoms with Crippen LogP contribution >= 0.6 is 11.6 Å². The van der Waals surface area contributed by atoms with Crippen LogP contribution in [0.4, 0.5) is 0 Å². The predicted octanol–water partition coefficient (Wildman–Crippen LogP) is 5.38. The molecule has 0 spiro atoms. The van der Waals surface area contributed by atoms with Crippen molar-refractivity contribution in [3.63, 3.8) is 0 Å². The van der Waals surface area contributed by atoms with Gasteiger partial charge in [0.05, 0.1) is 11.0 Å². The van der Waals surface area contributed by atoms with Gasteiger partial charge in [0.2, 0.25) is 0 Å². The lowest BCUT2D eigenvalue weighted by molar-refractivity contribution is 0.0757. The Bertz CT molecular complexity index is 853. The molecular formula is C24H34ClN3O. The van der Waals surface area contributed by atoms with Gasteiger partial charge in [-0.3, -0.25) is 0 Å². The molecule has 5 heteroatoms. The molecule has 3 unspecified atom stereocenters. The zero-order chi connectivity index (χ0) is 20.4. The van der Waals surface area contributed by atoms with E-state index in [4.69, 9.17) is 21.3 Å². The summed E-state index contributed by atoms with van der Waals surface area (Å²) < 4.78 is 5.50. The molecule has 1 aliphatic carbocycles. The second-order valence-corrected chi connectivity index (χ2v) is 9.70. The van der Waals surface area contributed by atoms with E-state index >= 15 is 0 Å². The average Bonchev–Trinajstić information content (AvgIpc) is 3.10. The first-order chi connectivity index (χ1) is 14.0. The summed E-state index contributed by atoms with van der Waals surface area (Å²) in [5.41, 5.74) is 3.55. The van der Waals surface area contributed by atoms with Gasteiger partial charge >= 0.3 is 0 Å². The molecule has 2 N–H and O–H groups in total. The molecule has 0 amide bonds. The zero-order valence-corrected chi connectivity index (χ0v) is 18.6. The first-order valence-corrected chi connectivity index (χ1v) is 11.5. The number of aromatic nitrogens is 2. The highest BCUT2D eigenvalue weighted by atomic mass is 35.5. The third-order valence-electron chi connectivity index (χ3n) is 6.88. The summed E-state index contributed by atoms with van der Waals surface area (Å²) in [6.45, 7) is 9.94. The smallest absolute Gasteiger partial charge is 0.107 e. The van der Waals surface area contributed by atoms with E-state index in [1.807, 2.05) is 18.2 Å². The van der Waals surface area contributed by atoms with E-state index in [9.17, 15) is 0 Å². The van der Waals surface area contributed by atoms with Gasteiger partial charge in [-0.25, -0.2) is 4.98 Å². The monoisotopic (exact) mass is 415 g/mol. The molecule has 29 heavy (non-hydrogen) atoms. The number of rotatable bonds is 6. The first kappa shape index (κ1) is 20.9. The number of ether oxygens (including phenoxy) is 1. The molecular weight excluding hydrogens is 382 g/mol. The quantitative estimate of drug-likeness (QED) is 0.622. The summed E-state index contributed by atoms with van der Waals surface area (Å²) in [5.74, 6) is 3.62. The maximum atomic E-state index is 6.13. The summed E-state index contributed by atoms with van der Waals surface area (Å²) in [6.07, 6.45) is 7.03. The molecule has 0 radical (unpaired) electrons. The van der Waals surface area contributed by atoms with Crippen molar-refractivity contribution >= 4 is 22.6 Å². The first-order valence-electron chi connectivity index (χ1n) is 11.1. The molecule has 0 saturated carbocycles. The van der Waals surface area contributed by atoms with Crippen LogP contribution in [0.5, 0.6) is 0 Å². The van der Waals surface area contributed by atoms with Crippen molar-refractivity contribution in [3.8, 4) is 0 Å². The van der Waals surface area contributed by atoms with Crippen LogP contribution in [-0.2, 0) is 11.2 Å². The number of nitrogens with one attached hydrogen (secondary N) is 2. The molecule has 0 bridgehead atoms. The number of hydrogen-bond acceptors (Lipinski definition) is 3. The van der Waals surface area contributed by atoms with E-state index in [2.05, 4.69) is 37.1 Å². The number of H-pyrrole nitrogens is 1. The molecule has 4 nitrogen and oxygen atoms in total. The third-order valence-corrected chi connectivity index (χ3v) is 7.12. The van der Waals surface area contributed by atoms with E-state index in [1.165, 1.54) is 12.0 Å². The Labute approximate surface area is 179 Å². The van der Waals surface area contributed by atoms with Crippen LogP contribution in [0, 0.1) is 23.7 Å². The lowest BCUT2D eigenvalue weighted by Gasteiger charge is -2.38. The minimum atomic E-state index is 0.553. The summed E-state index contributed by atoms with van der Waals surface area (Å²) in [6, 6.07) is 6.48. The van der Waals surface area contributed by atoms with Gasteiger partial charge in [-0.05, 0) is 68.1 Å². The van der Waals surface area contributed by atoms with Gasteiger partial charge in [-0.15, -0.1) is 0 Å². The fourth-order valence-corrected chi connectivity index (χ4v) is 5.25. The Balaban J connectivity index is 1.45. The number of nitrogens with zero attached hydrogens (tertiary/aromatic N) is 1.